The van der Waals surface area contributed by atoms with Gasteiger partial charge in [-0.2, -0.15) is 0 Å². The van der Waals surface area contributed by atoms with Gasteiger partial charge in [-0.15, -0.1) is 0 Å². The lowest BCUT2D eigenvalue weighted by Gasteiger charge is -2.28. The van der Waals surface area contributed by atoms with Gasteiger partial charge in [0, 0.05) is 12.8 Å². The van der Waals surface area contributed by atoms with E-state index in [0.717, 1.165) is 77.0 Å². The predicted molar refractivity (Wildman–Crippen MR) is 223 cm³/mol. The molecule has 0 aliphatic rings. The molecule has 0 radical (unpaired) electrons. The van der Waals surface area contributed by atoms with Gasteiger partial charge in [-0.1, -0.05) is 132 Å². The van der Waals surface area contributed by atoms with Crippen molar-refractivity contribution in [1.29, 1.82) is 0 Å². The molecule has 1 N–H and O–H groups in total. The number of rotatable bonds is 37. The molecule has 0 bridgehead atoms. The Hall–Kier alpha value is -2.33. The Balaban J connectivity index is 4.51. The van der Waals surface area contributed by atoms with Crippen LogP contribution in [-0.4, -0.2) is 81.2 Å². The van der Waals surface area contributed by atoms with Crippen LogP contribution in [-0.2, 0) is 32.7 Å². The van der Waals surface area contributed by atoms with Gasteiger partial charge in [0.1, 0.15) is 19.8 Å². The summed E-state index contributed by atoms with van der Waals surface area (Å²) in [6.45, 7) is 3.91. The van der Waals surface area contributed by atoms with E-state index in [4.69, 9.17) is 18.5 Å². The van der Waals surface area contributed by atoms with Crippen molar-refractivity contribution in [3.8, 4) is 0 Å². The lowest BCUT2D eigenvalue weighted by Crippen LogP contribution is -2.37. The van der Waals surface area contributed by atoms with E-state index in [9.17, 15) is 24.2 Å². The van der Waals surface area contributed by atoms with Gasteiger partial charge in [0.15, 0.2) is 6.10 Å². The van der Waals surface area contributed by atoms with Crippen LogP contribution in [0.25, 0.3) is 0 Å². The zero-order chi connectivity index (χ0) is 40.9. The first-order valence-corrected chi connectivity index (χ1v) is 22.6. The van der Waals surface area contributed by atoms with Crippen LogP contribution in [0, 0.1) is 0 Å². The Bertz CT molecular complexity index is 1140. The van der Waals surface area contributed by atoms with Crippen LogP contribution in [0.4, 0.5) is 0 Å². The molecule has 0 saturated heterocycles. The molecule has 0 aromatic heterocycles. The van der Waals surface area contributed by atoms with E-state index >= 15 is 0 Å². The molecule has 2 unspecified atom stereocenters. The van der Waals surface area contributed by atoms with Crippen molar-refractivity contribution in [3.05, 3.63) is 60.8 Å². The quantitative estimate of drug-likeness (QED) is 0.0163. The Morgan fingerprint density at radius 3 is 1.93 bits per heavy atom. The van der Waals surface area contributed by atoms with E-state index in [0.29, 0.717) is 30.3 Å². The number of hydrogen-bond acceptors (Lipinski definition) is 9. The maximum absolute atomic E-state index is 12.7. The smallest absolute Gasteiger partial charge is 0.306 e. The minimum atomic E-state index is -4.65. The van der Waals surface area contributed by atoms with Crippen molar-refractivity contribution in [3.63, 3.8) is 0 Å². The first-order valence-electron chi connectivity index (χ1n) is 21.1. The molecule has 0 aliphatic heterocycles. The van der Waals surface area contributed by atoms with Crippen molar-refractivity contribution in [2.24, 2.45) is 0 Å². The van der Waals surface area contributed by atoms with Gasteiger partial charge in [-0.25, -0.2) is 0 Å². The average Bonchev–Trinajstić information content (AvgIpc) is 3.12. The van der Waals surface area contributed by atoms with Crippen LogP contribution in [0.15, 0.2) is 60.8 Å². The first-order chi connectivity index (χ1) is 26.4. The molecular weight excluding hydrogens is 717 g/mol. The van der Waals surface area contributed by atoms with Crippen molar-refractivity contribution < 1.29 is 47.2 Å². The van der Waals surface area contributed by atoms with E-state index in [1.807, 2.05) is 39.4 Å². The second-order valence-corrected chi connectivity index (χ2v) is 16.6. The molecule has 10 nitrogen and oxygen atoms in total. The summed E-state index contributed by atoms with van der Waals surface area (Å²) < 4.78 is 33.8. The van der Waals surface area contributed by atoms with Gasteiger partial charge >= 0.3 is 11.9 Å². The molecule has 0 aliphatic carbocycles. The van der Waals surface area contributed by atoms with Crippen LogP contribution in [0.5, 0.6) is 0 Å². The third-order valence-electron chi connectivity index (χ3n) is 8.63. The fourth-order valence-electron chi connectivity index (χ4n) is 5.28. The number of carbonyl (C=O) groups is 2. The number of allylic oxidation sites excluding steroid dienone is 9. The highest BCUT2D eigenvalue weighted by molar-refractivity contribution is 7.45. The van der Waals surface area contributed by atoms with Gasteiger partial charge in [0.2, 0.25) is 0 Å². The number of phosphoric acid groups is 1. The number of unbranched alkanes of at least 4 members (excludes halogenated alkanes) is 12. The van der Waals surface area contributed by atoms with Gasteiger partial charge in [0.05, 0.1) is 33.9 Å². The highest BCUT2D eigenvalue weighted by Crippen LogP contribution is 2.38. The number of aliphatic hydroxyl groups is 1. The van der Waals surface area contributed by atoms with Gasteiger partial charge in [0.25, 0.3) is 7.82 Å². The van der Waals surface area contributed by atoms with Crippen molar-refractivity contribution >= 4 is 19.8 Å². The van der Waals surface area contributed by atoms with E-state index in [1.54, 1.807) is 6.08 Å². The monoisotopic (exact) mass is 796 g/mol. The van der Waals surface area contributed by atoms with Crippen molar-refractivity contribution in [2.75, 3.05) is 47.5 Å². The van der Waals surface area contributed by atoms with E-state index in [-0.39, 0.29) is 26.1 Å². The SMILES string of the molecule is CC/C=C/C/C=C/C=C/C(O)CCCCCCCC(=O)O[C@H](COC(=O)CCCCCCC/C=C\C/C=C\CCCCC)COP(=O)([O-])OCC[N+](C)(C)C. The Morgan fingerprint density at radius 1 is 0.691 bits per heavy atom. The Labute approximate surface area is 335 Å². The summed E-state index contributed by atoms with van der Waals surface area (Å²) in [5.74, 6) is -0.933. The maximum Gasteiger partial charge on any atom is 0.306 e. The van der Waals surface area contributed by atoms with E-state index < -0.39 is 38.6 Å². The number of hydrogen-bond donors (Lipinski definition) is 1. The van der Waals surface area contributed by atoms with Crippen LogP contribution in [0.2, 0.25) is 0 Å². The van der Waals surface area contributed by atoms with Crippen LogP contribution < -0.4 is 4.89 Å². The molecule has 0 saturated carbocycles. The van der Waals surface area contributed by atoms with Crippen LogP contribution in [0.1, 0.15) is 149 Å². The summed E-state index contributed by atoms with van der Waals surface area (Å²) in [5.41, 5.74) is 0. The highest BCUT2D eigenvalue weighted by atomic mass is 31.2. The molecule has 0 fully saturated rings. The summed E-state index contributed by atoms with van der Waals surface area (Å²) in [6, 6.07) is 0. The number of quaternary nitrogens is 1. The zero-order valence-electron chi connectivity index (χ0n) is 35.2. The van der Waals surface area contributed by atoms with Crippen molar-refractivity contribution in [1.82, 2.24) is 0 Å². The molecule has 11 heteroatoms. The van der Waals surface area contributed by atoms with Gasteiger partial charge in [-0.3, -0.25) is 14.2 Å². The molecule has 0 rings (SSSR count). The summed E-state index contributed by atoms with van der Waals surface area (Å²) in [6.07, 6.45) is 38.4. The number of phosphoric ester groups is 1. The molecule has 0 aromatic rings. The standard InChI is InChI=1S/C44H78NO9P/c1-6-8-10-12-14-15-16-17-18-19-20-21-23-27-31-35-43(47)51-39-42(40-53-55(49,50)52-38-37-45(3,4)5)54-44(48)36-32-28-24-26-30-34-41(46)33-29-25-22-13-11-9-7-2/h9,11,14-15,17-18,22,25,29,33,41-42,46H,6-8,10,12-13,16,19-21,23-24,26-28,30-32,34-40H2,1-5H3/b11-9+,15-14-,18-17-,25-22+,33-29+/t41?,42-/m1/s1. The van der Waals surface area contributed by atoms with Crippen LogP contribution in [0.3, 0.4) is 0 Å². The Morgan fingerprint density at radius 2 is 1.27 bits per heavy atom. The highest BCUT2D eigenvalue weighted by Gasteiger charge is 2.21. The fourth-order valence-corrected chi connectivity index (χ4v) is 6.01. The molecule has 318 valence electrons. The third-order valence-corrected chi connectivity index (χ3v) is 9.59. The van der Waals surface area contributed by atoms with Crippen LogP contribution >= 0.6 is 7.82 Å². The predicted octanol–water partition coefficient (Wildman–Crippen LogP) is 10.0. The minimum Gasteiger partial charge on any atom is -0.756 e. The average molecular weight is 796 g/mol. The number of esters is 2. The summed E-state index contributed by atoms with van der Waals surface area (Å²) in [7, 11) is 1.08. The topological polar surface area (TPSA) is 131 Å². The summed E-state index contributed by atoms with van der Waals surface area (Å²) in [5, 5.41) is 10.1. The summed E-state index contributed by atoms with van der Waals surface area (Å²) in [4.78, 5) is 37.5. The normalized spacial score (nSPS) is 14.8. The molecule has 0 heterocycles. The van der Waals surface area contributed by atoms with E-state index in [2.05, 4.69) is 50.3 Å². The van der Waals surface area contributed by atoms with Gasteiger partial charge < -0.3 is 33.0 Å². The maximum atomic E-state index is 12.7. The summed E-state index contributed by atoms with van der Waals surface area (Å²) >= 11 is 0. The fraction of sp³-hybridized carbons (Fsp3) is 0.727. The molecule has 55 heavy (non-hydrogen) atoms. The molecular formula is C44H78NO9P. The number of nitrogens with zero attached hydrogens (tertiary/aromatic N) is 1. The number of likely N-dealkylation sites (N-methyl/N-ethyl adjacent to an activating group) is 1. The Kier molecular flexibility index (Phi) is 34.5. The van der Waals surface area contributed by atoms with Crippen molar-refractivity contribution in [2.45, 2.75) is 161 Å². The molecule has 0 spiro atoms. The zero-order valence-corrected chi connectivity index (χ0v) is 36.1. The largest absolute Gasteiger partial charge is 0.756 e. The number of ether oxygens (including phenoxy) is 2. The van der Waals surface area contributed by atoms with Gasteiger partial charge in [-0.05, 0) is 64.2 Å². The number of aliphatic hydroxyl groups excluding tert-OH is 1. The third kappa shape index (κ3) is 39.7. The first kappa shape index (κ1) is 52.7. The molecule has 3 atom stereocenters. The second-order valence-electron chi connectivity index (χ2n) is 15.2. The minimum absolute atomic E-state index is 0.0541. The van der Waals surface area contributed by atoms with E-state index in [1.165, 1.54) is 25.7 Å². The second kappa shape index (κ2) is 36.0. The number of carbonyl (C=O) groups excluding carboxylic acids is 2. The lowest BCUT2D eigenvalue weighted by atomic mass is 10.1. The lowest BCUT2D eigenvalue weighted by molar-refractivity contribution is -0.870. The molecule has 0 amide bonds. The molecule has 0 aromatic carbocycles.